The first-order valence-electron chi connectivity index (χ1n) is 8.06. The predicted molar refractivity (Wildman–Crippen MR) is 108 cm³/mol. The summed E-state index contributed by atoms with van der Waals surface area (Å²) >= 11 is 9.37. The van der Waals surface area contributed by atoms with Gasteiger partial charge in [0.25, 0.3) is 0 Å². The first kappa shape index (κ1) is 18.9. The maximum absolute atomic E-state index is 13.8. The second-order valence-electron chi connectivity index (χ2n) is 6.10. The van der Waals surface area contributed by atoms with Crippen LogP contribution in [0.1, 0.15) is 5.56 Å². The number of H-pyrrole nitrogens is 2. The van der Waals surface area contributed by atoms with Crippen molar-refractivity contribution in [3.05, 3.63) is 57.5 Å². The van der Waals surface area contributed by atoms with Crippen LogP contribution in [0.15, 0.2) is 52.1 Å². The Balaban J connectivity index is 2.05. The molecular formula is C19H12BrClF3N3O. The number of nitrogens with zero attached hydrogens (tertiary/aromatic N) is 1. The van der Waals surface area contributed by atoms with Gasteiger partial charge in [-0.15, -0.1) is 0 Å². The third kappa shape index (κ3) is 3.27. The van der Waals surface area contributed by atoms with Gasteiger partial charge in [0.1, 0.15) is 7.11 Å². The summed E-state index contributed by atoms with van der Waals surface area (Å²) in [5.41, 5.74) is 0.817. The summed E-state index contributed by atoms with van der Waals surface area (Å²) in [4.78, 5) is 10.7. The summed E-state index contributed by atoms with van der Waals surface area (Å²) < 4.78 is 42.0. The Morgan fingerprint density at radius 2 is 1.86 bits per heavy atom. The minimum atomic E-state index is -4.71. The number of oxime groups is 1. The van der Waals surface area contributed by atoms with Gasteiger partial charge >= 0.3 is 6.18 Å². The number of halogens is 5. The third-order valence-corrected chi connectivity index (χ3v) is 5.03. The van der Waals surface area contributed by atoms with Gasteiger partial charge in [-0.3, -0.25) is 0 Å². The lowest BCUT2D eigenvalue weighted by molar-refractivity contribution is -0.0607. The minimum Gasteiger partial charge on any atom is -0.399 e. The number of hydrogen-bond donors (Lipinski definition) is 2. The number of fused-ring (bicyclic) bond motifs is 2. The number of alkyl halides is 3. The van der Waals surface area contributed by atoms with Gasteiger partial charge in [0.15, 0.2) is 5.71 Å². The van der Waals surface area contributed by atoms with E-state index in [2.05, 4.69) is 35.9 Å². The van der Waals surface area contributed by atoms with Crippen molar-refractivity contribution < 1.29 is 18.0 Å². The Bertz CT molecular complexity index is 1230. The topological polar surface area (TPSA) is 53.2 Å². The van der Waals surface area contributed by atoms with Gasteiger partial charge in [0.05, 0.1) is 11.4 Å². The maximum Gasteiger partial charge on any atom is 0.437 e. The van der Waals surface area contributed by atoms with Crippen LogP contribution in [0, 0.1) is 0 Å². The molecule has 4 nitrogen and oxygen atoms in total. The molecule has 0 bridgehead atoms. The molecule has 0 fully saturated rings. The Kier molecular flexibility index (Phi) is 4.63. The molecule has 0 amide bonds. The zero-order valence-corrected chi connectivity index (χ0v) is 16.6. The van der Waals surface area contributed by atoms with Crippen molar-refractivity contribution in [3.8, 4) is 11.4 Å². The smallest absolute Gasteiger partial charge is 0.399 e. The van der Waals surface area contributed by atoms with E-state index in [1.807, 2.05) is 0 Å². The van der Waals surface area contributed by atoms with Crippen molar-refractivity contribution in [3.63, 3.8) is 0 Å². The zero-order valence-electron chi connectivity index (χ0n) is 14.3. The van der Waals surface area contributed by atoms with Gasteiger partial charge in [0, 0.05) is 36.9 Å². The summed E-state index contributed by atoms with van der Waals surface area (Å²) in [6.45, 7) is 0. The molecule has 4 rings (SSSR count). The highest BCUT2D eigenvalue weighted by molar-refractivity contribution is 9.10. The maximum atomic E-state index is 13.8. The fourth-order valence-electron chi connectivity index (χ4n) is 3.19. The molecule has 0 saturated heterocycles. The second-order valence-corrected chi connectivity index (χ2v) is 7.45. The van der Waals surface area contributed by atoms with Crippen LogP contribution >= 0.6 is 27.5 Å². The Morgan fingerprint density at radius 3 is 2.57 bits per heavy atom. The van der Waals surface area contributed by atoms with Crippen LogP contribution in [0.25, 0.3) is 33.2 Å². The van der Waals surface area contributed by atoms with Crippen LogP contribution in [0.4, 0.5) is 13.2 Å². The molecule has 4 aromatic rings. The Morgan fingerprint density at radius 1 is 1.07 bits per heavy atom. The lowest BCUT2D eigenvalue weighted by Gasteiger charge is -2.11. The van der Waals surface area contributed by atoms with Gasteiger partial charge < -0.3 is 14.8 Å². The molecule has 144 valence electrons. The van der Waals surface area contributed by atoms with E-state index in [1.165, 1.54) is 0 Å². The SMILES string of the molecule is CO/N=C(/c1c(-c2cc3cc(Cl)ccc3[nH]2)[nH]c2cc(Br)ccc12)C(F)(F)F. The van der Waals surface area contributed by atoms with Gasteiger partial charge in [-0.25, -0.2) is 0 Å². The van der Waals surface area contributed by atoms with Crippen LogP contribution in [0.2, 0.25) is 5.02 Å². The second kappa shape index (κ2) is 6.86. The number of hydrogen-bond acceptors (Lipinski definition) is 2. The lowest BCUT2D eigenvalue weighted by Crippen LogP contribution is -2.24. The van der Waals surface area contributed by atoms with E-state index >= 15 is 0 Å². The molecule has 2 aromatic heterocycles. The summed E-state index contributed by atoms with van der Waals surface area (Å²) in [6.07, 6.45) is -4.71. The van der Waals surface area contributed by atoms with Crippen LogP contribution in [0.5, 0.6) is 0 Å². The molecule has 28 heavy (non-hydrogen) atoms. The fraction of sp³-hybridized carbons (Fsp3) is 0.105. The van der Waals surface area contributed by atoms with E-state index in [-0.39, 0.29) is 11.3 Å². The highest BCUT2D eigenvalue weighted by atomic mass is 79.9. The van der Waals surface area contributed by atoms with E-state index in [1.54, 1.807) is 42.5 Å². The number of aromatic nitrogens is 2. The Labute approximate surface area is 170 Å². The van der Waals surface area contributed by atoms with Crippen LogP contribution in [0.3, 0.4) is 0 Å². The van der Waals surface area contributed by atoms with E-state index in [0.29, 0.717) is 21.6 Å². The average molecular weight is 471 g/mol. The number of aromatic amines is 2. The zero-order chi connectivity index (χ0) is 20.1. The molecule has 0 aliphatic heterocycles. The molecule has 0 spiro atoms. The molecule has 0 atom stereocenters. The average Bonchev–Trinajstić information content (AvgIpc) is 3.18. The highest BCUT2D eigenvalue weighted by Crippen LogP contribution is 2.37. The largest absolute Gasteiger partial charge is 0.437 e. The first-order chi connectivity index (χ1) is 13.3. The highest BCUT2D eigenvalue weighted by Gasteiger charge is 2.41. The molecule has 0 unspecified atom stereocenters. The molecule has 2 N–H and O–H groups in total. The molecule has 9 heteroatoms. The molecule has 0 saturated carbocycles. The van der Waals surface area contributed by atoms with Crippen LogP contribution in [-0.2, 0) is 4.84 Å². The van der Waals surface area contributed by atoms with Gasteiger partial charge in [-0.05, 0) is 36.4 Å². The van der Waals surface area contributed by atoms with Gasteiger partial charge in [0.2, 0.25) is 0 Å². The Hall–Kier alpha value is -2.45. The van der Waals surface area contributed by atoms with Gasteiger partial charge in [-0.1, -0.05) is 38.8 Å². The van der Waals surface area contributed by atoms with Crippen LogP contribution in [-0.4, -0.2) is 29.0 Å². The molecule has 2 aromatic carbocycles. The monoisotopic (exact) mass is 469 g/mol. The van der Waals surface area contributed by atoms with Crippen molar-refractivity contribution in [2.75, 3.05) is 7.11 Å². The normalized spacial score (nSPS) is 12.9. The van der Waals surface area contributed by atoms with Crippen molar-refractivity contribution >= 4 is 55.0 Å². The van der Waals surface area contributed by atoms with Crippen molar-refractivity contribution in [2.24, 2.45) is 5.16 Å². The molecule has 0 radical (unpaired) electrons. The fourth-order valence-corrected chi connectivity index (χ4v) is 3.73. The van der Waals surface area contributed by atoms with E-state index in [9.17, 15) is 13.2 Å². The quantitative estimate of drug-likeness (QED) is 0.256. The van der Waals surface area contributed by atoms with E-state index in [4.69, 9.17) is 11.6 Å². The number of rotatable bonds is 3. The molecule has 0 aliphatic rings. The minimum absolute atomic E-state index is 0.0884. The van der Waals surface area contributed by atoms with Crippen molar-refractivity contribution in [1.29, 1.82) is 0 Å². The predicted octanol–water partition coefficient (Wildman–Crippen LogP) is 6.64. The summed E-state index contributed by atoms with van der Waals surface area (Å²) in [7, 11) is 1.09. The van der Waals surface area contributed by atoms with Crippen molar-refractivity contribution in [2.45, 2.75) is 6.18 Å². The number of nitrogens with one attached hydrogen (secondary N) is 2. The van der Waals surface area contributed by atoms with E-state index in [0.717, 1.165) is 22.5 Å². The first-order valence-corrected chi connectivity index (χ1v) is 9.23. The summed E-state index contributed by atoms with van der Waals surface area (Å²) in [5, 5.41) is 4.99. The molecular weight excluding hydrogens is 459 g/mol. The standard InChI is InChI=1S/C19H12BrClF3N3O/c1-28-27-18(19(22,23)24)16-12-4-2-10(20)8-14(12)26-17(16)15-7-9-6-11(21)3-5-13(9)25-15/h2-8,25-26H,1H3/b27-18-. The summed E-state index contributed by atoms with van der Waals surface area (Å²) in [5.74, 6) is 0. The van der Waals surface area contributed by atoms with Crippen LogP contribution < -0.4 is 0 Å². The third-order valence-electron chi connectivity index (χ3n) is 4.30. The number of benzene rings is 2. The summed E-state index contributed by atoms with van der Waals surface area (Å²) in [6, 6.07) is 12.0. The van der Waals surface area contributed by atoms with Gasteiger partial charge in [-0.2, -0.15) is 13.2 Å². The van der Waals surface area contributed by atoms with Crippen molar-refractivity contribution in [1.82, 2.24) is 9.97 Å². The lowest BCUT2D eigenvalue weighted by atomic mass is 10.0. The molecule has 2 heterocycles. The molecule has 0 aliphatic carbocycles. The van der Waals surface area contributed by atoms with E-state index < -0.39 is 11.9 Å².